The smallest absolute Gasteiger partial charge is 0.301 e. The molecule has 9 nitrogen and oxygen atoms in total. The Balaban J connectivity index is 1.44. The van der Waals surface area contributed by atoms with Gasteiger partial charge in [0.2, 0.25) is 5.13 Å². The molecule has 210 valence electrons. The van der Waals surface area contributed by atoms with E-state index >= 15 is 0 Å². The molecule has 5 aromatic rings. The molecule has 0 saturated carbocycles. The van der Waals surface area contributed by atoms with Crippen molar-refractivity contribution in [2.75, 3.05) is 11.5 Å². The average molecular weight is 596 g/mol. The summed E-state index contributed by atoms with van der Waals surface area (Å²) in [6.45, 7) is 5.75. The third-order valence-electron chi connectivity index (χ3n) is 6.74. The second-order valence-electron chi connectivity index (χ2n) is 9.44. The van der Waals surface area contributed by atoms with Crippen molar-refractivity contribution in [2.45, 2.75) is 23.1 Å². The Bertz CT molecular complexity index is 1830. The summed E-state index contributed by atoms with van der Waals surface area (Å²) < 4.78 is 7.98. The summed E-state index contributed by atoms with van der Waals surface area (Å²) in [5, 5.41) is 20.6. The monoisotopic (exact) mass is 595 g/mol. The number of amides is 1. The van der Waals surface area contributed by atoms with Crippen LogP contribution in [0.15, 0.2) is 102 Å². The molecule has 1 aliphatic rings. The van der Waals surface area contributed by atoms with Crippen molar-refractivity contribution in [3.05, 3.63) is 120 Å². The van der Waals surface area contributed by atoms with E-state index in [4.69, 9.17) is 4.74 Å². The van der Waals surface area contributed by atoms with Crippen molar-refractivity contribution in [3.8, 4) is 5.75 Å². The molecule has 4 heterocycles. The number of benzene rings is 2. The van der Waals surface area contributed by atoms with Gasteiger partial charge in [-0.15, -0.1) is 10.2 Å². The van der Waals surface area contributed by atoms with E-state index in [-0.39, 0.29) is 16.5 Å². The van der Waals surface area contributed by atoms with E-state index in [1.54, 1.807) is 60.0 Å². The second kappa shape index (κ2) is 11.6. The zero-order valence-corrected chi connectivity index (χ0v) is 24.1. The molecule has 0 aliphatic carbocycles. The fourth-order valence-corrected chi connectivity index (χ4v) is 6.67. The zero-order valence-electron chi connectivity index (χ0n) is 22.5. The third kappa shape index (κ3) is 5.08. The number of aliphatic hydroxyl groups excluding tert-OH is 1. The van der Waals surface area contributed by atoms with Gasteiger partial charge in [-0.05, 0) is 42.3 Å². The first-order valence-corrected chi connectivity index (χ1v) is 14.9. The molecule has 1 amide bonds. The van der Waals surface area contributed by atoms with Gasteiger partial charge in [-0.1, -0.05) is 84.3 Å². The maximum absolute atomic E-state index is 13.7. The van der Waals surface area contributed by atoms with Crippen LogP contribution in [0.4, 0.5) is 5.13 Å². The molecule has 1 fully saturated rings. The molecule has 3 aromatic heterocycles. The summed E-state index contributed by atoms with van der Waals surface area (Å²) in [5.41, 5.74) is 3.14. The van der Waals surface area contributed by atoms with Crippen LogP contribution in [0.25, 0.3) is 11.4 Å². The summed E-state index contributed by atoms with van der Waals surface area (Å²) in [6.07, 6.45) is 3.39. The molecule has 42 heavy (non-hydrogen) atoms. The van der Waals surface area contributed by atoms with Crippen LogP contribution in [0.2, 0.25) is 0 Å². The Labute approximate surface area is 249 Å². The predicted octanol–water partition coefficient (Wildman–Crippen LogP) is 5.98. The van der Waals surface area contributed by atoms with Gasteiger partial charge in [0, 0.05) is 11.9 Å². The number of ketones is 1. The number of Topliss-reactive ketones (excluding diaryl/α,β-unsaturated/α-hetero) is 1. The molecule has 1 atom stereocenters. The second-order valence-corrected chi connectivity index (χ2v) is 11.6. The molecular weight excluding hydrogens is 571 g/mol. The van der Waals surface area contributed by atoms with Crippen molar-refractivity contribution in [3.63, 3.8) is 0 Å². The summed E-state index contributed by atoms with van der Waals surface area (Å²) >= 11 is 2.72. The highest BCUT2D eigenvalue weighted by atomic mass is 32.2. The van der Waals surface area contributed by atoms with E-state index in [0.29, 0.717) is 45.0 Å². The number of fused-ring (bicyclic) bond motifs is 1. The fourth-order valence-electron chi connectivity index (χ4n) is 4.85. The molecule has 11 heteroatoms. The maximum atomic E-state index is 13.7. The van der Waals surface area contributed by atoms with Crippen LogP contribution < -0.4 is 9.64 Å². The van der Waals surface area contributed by atoms with Crippen LogP contribution in [0.5, 0.6) is 5.75 Å². The summed E-state index contributed by atoms with van der Waals surface area (Å²) in [4.78, 5) is 33.1. The lowest BCUT2D eigenvalue weighted by Crippen LogP contribution is -2.29. The van der Waals surface area contributed by atoms with Crippen LogP contribution in [-0.2, 0) is 15.3 Å². The van der Waals surface area contributed by atoms with Crippen molar-refractivity contribution in [2.24, 2.45) is 0 Å². The quantitative estimate of drug-likeness (QED) is 0.0554. The number of pyridine rings is 1. The van der Waals surface area contributed by atoms with Gasteiger partial charge in [0.05, 0.1) is 17.3 Å². The van der Waals surface area contributed by atoms with E-state index in [1.165, 1.54) is 28.0 Å². The Morgan fingerprint density at radius 3 is 2.60 bits per heavy atom. The molecule has 6 rings (SSSR count). The van der Waals surface area contributed by atoms with Crippen LogP contribution in [0.1, 0.15) is 28.6 Å². The van der Waals surface area contributed by atoms with Gasteiger partial charge >= 0.3 is 5.91 Å². The maximum Gasteiger partial charge on any atom is 0.301 e. The standard InChI is InChI=1S/C31H25N5O4S2/c1-3-17-40-22-14-12-21(13-15-22)26-24(27(37)25-19(2)32-23-11-7-8-16-35(23)25)28(38)29(39)36(26)30-33-34-31(42-30)41-18-20-9-5-4-6-10-20/h3-16,26,37H,1,17-18H2,2H3. The fraction of sp³-hybridized carbons (Fsp3) is 0.129. The number of aromatic nitrogens is 4. The summed E-state index contributed by atoms with van der Waals surface area (Å²) in [6, 6.07) is 21.5. The SMILES string of the molecule is C=CCOc1ccc(C2C(=C(O)c3c(C)nc4ccccn34)C(=O)C(=O)N2c2nnc(SCc3ccccc3)s2)cc1. The van der Waals surface area contributed by atoms with E-state index in [2.05, 4.69) is 21.8 Å². The minimum atomic E-state index is -0.952. The Morgan fingerprint density at radius 1 is 1.07 bits per heavy atom. The van der Waals surface area contributed by atoms with E-state index in [0.717, 1.165) is 5.56 Å². The number of ether oxygens (including phenoxy) is 1. The third-order valence-corrected chi connectivity index (χ3v) is 8.87. The Morgan fingerprint density at radius 2 is 1.83 bits per heavy atom. The van der Waals surface area contributed by atoms with Gasteiger partial charge in [0.25, 0.3) is 5.78 Å². The molecule has 1 aliphatic heterocycles. The number of carbonyl (C=O) groups is 2. The Kier molecular flexibility index (Phi) is 7.60. The summed E-state index contributed by atoms with van der Waals surface area (Å²) in [5.74, 6) is -0.646. The number of hydrogen-bond donors (Lipinski definition) is 1. The lowest BCUT2D eigenvalue weighted by molar-refractivity contribution is -0.132. The summed E-state index contributed by atoms with van der Waals surface area (Å²) in [7, 11) is 0. The van der Waals surface area contributed by atoms with Gasteiger partial charge in [-0.3, -0.25) is 18.9 Å². The normalized spacial score (nSPS) is 16.3. The molecule has 0 spiro atoms. The van der Waals surface area contributed by atoms with Crippen LogP contribution in [0, 0.1) is 6.92 Å². The number of aryl methyl sites for hydroxylation is 1. The highest BCUT2D eigenvalue weighted by molar-refractivity contribution is 8.00. The highest BCUT2D eigenvalue weighted by Crippen LogP contribution is 2.44. The molecule has 1 unspecified atom stereocenters. The highest BCUT2D eigenvalue weighted by Gasteiger charge is 2.49. The van der Waals surface area contributed by atoms with Crippen molar-refractivity contribution >= 4 is 51.3 Å². The molecule has 2 aromatic carbocycles. The average Bonchev–Trinajstić information content (AvgIpc) is 3.69. The minimum Gasteiger partial charge on any atom is -0.505 e. The number of thioether (sulfide) groups is 1. The van der Waals surface area contributed by atoms with Gasteiger partial charge < -0.3 is 9.84 Å². The number of imidazole rings is 1. The zero-order chi connectivity index (χ0) is 29.2. The molecule has 0 radical (unpaired) electrons. The lowest BCUT2D eigenvalue weighted by Gasteiger charge is -2.22. The van der Waals surface area contributed by atoms with E-state index in [9.17, 15) is 14.7 Å². The molecule has 0 bridgehead atoms. The van der Waals surface area contributed by atoms with E-state index in [1.807, 2.05) is 36.4 Å². The topological polar surface area (TPSA) is 110 Å². The van der Waals surface area contributed by atoms with Crippen molar-refractivity contribution in [1.82, 2.24) is 19.6 Å². The van der Waals surface area contributed by atoms with E-state index < -0.39 is 17.7 Å². The number of anilines is 1. The first kappa shape index (κ1) is 27.4. The number of hydrogen-bond acceptors (Lipinski definition) is 9. The van der Waals surface area contributed by atoms with Crippen LogP contribution in [0.3, 0.4) is 0 Å². The molecule has 1 N–H and O–H groups in total. The number of nitrogens with zero attached hydrogens (tertiary/aromatic N) is 5. The largest absolute Gasteiger partial charge is 0.505 e. The van der Waals surface area contributed by atoms with Crippen LogP contribution in [-0.4, -0.2) is 43.0 Å². The lowest BCUT2D eigenvalue weighted by atomic mass is 9.96. The van der Waals surface area contributed by atoms with Gasteiger partial charge in [-0.2, -0.15) is 0 Å². The first-order chi connectivity index (χ1) is 20.5. The molecule has 1 saturated heterocycles. The van der Waals surface area contributed by atoms with Crippen molar-refractivity contribution < 1.29 is 19.4 Å². The Hall–Kier alpha value is -4.74. The minimum absolute atomic E-state index is 0.0535. The van der Waals surface area contributed by atoms with Crippen LogP contribution >= 0.6 is 23.1 Å². The van der Waals surface area contributed by atoms with Crippen molar-refractivity contribution in [1.29, 1.82) is 0 Å². The number of aliphatic hydroxyl groups is 1. The molecular formula is C31H25N5O4S2. The van der Waals surface area contributed by atoms with Gasteiger partial charge in [-0.25, -0.2) is 4.98 Å². The first-order valence-electron chi connectivity index (χ1n) is 13.0. The predicted molar refractivity (Wildman–Crippen MR) is 163 cm³/mol. The number of carbonyl (C=O) groups excluding carboxylic acids is 2. The van der Waals surface area contributed by atoms with Gasteiger partial charge in [0.1, 0.15) is 23.7 Å². The number of rotatable bonds is 9. The van der Waals surface area contributed by atoms with Gasteiger partial charge in [0.15, 0.2) is 10.1 Å².